The second kappa shape index (κ2) is 5.99. The van der Waals surface area contributed by atoms with Crippen LogP contribution in [0.15, 0.2) is 24.3 Å². The van der Waals surface area contributed by atoms with E-state index in [9.17, 15) is 18.0 Å². The van der Waals surface area contributed by atoms with Crippen LogP contribution >= 0.6 is 0 Å². The average Bonchev–Trinajstić information content (AvgIpc) is 2.40. The summed E-state index contributed by atoms with van der Waals surface area (Å²) < 4.78 is 39.9. The normalized spacial score (nSPS) is 23.0. The van der Waals surface area contributed by atoms with Crippen LogP contribution in [0.4, 0.5) is 13.2 Å². The highest BCUT2D eigenvalue weighted by Gasteiger charge is 2.31. The fourth-order valence-electron chi connectivity index (χ4n) is 2.27. The van der Waals surface area contributed by atoms with Crippen molar-refractivity contribution in [2.45, 2.75) is 25.5 Å². The predicted molar refractivity (Wildman–Crippen MR) is 72.3 cm³/mol. The summed E-state index contributed by atoms with van der Waals surface area (Å²) in [7, 11) is 5.94. The van der Waals surface area contributed by atoms with Crippen molar-refractivity contribution >= 4 is 13.8 Å². The highest BCUT2D eigenvalue weighted by Crippen LogP contribution is 2.27. The minimum atomic E-state index is -4.73. The molecule has 1 fully saturated rings. The molecule has 1 heterocycles. The standard InChI is InChI=1S/C14H15BF3NO2/c1-9-6-7-19(8-12(9)15)13(20)10-2-4-11(5-3-10)21-14(16,17)18/h2-5,9,12H,6-8H2,1H3/t9-,12?/m0/s1. The lowest BCUT2D eigenvalue weighted by molar-refractivity contribution is -0.274. The highest BCUT2D eigenvalue weighted by molar-refractivity contribution is 6.12. The fraction of sp³-hybridized carbons (Fsp3) is 0.500. The van der Waals surface area contributed by atoms with Crippen LogP contribution in [0.5, 0.6) is 5.75 Å². The van der Waals surface area contributed by atoms with E-state index in [1.54, 1.807) is 4.90 Å². The number of rotatable bonds is 2. The molecule has 0 spiro atoms. The molecule has 2 atom stereocenters. The first-order valence-corrected chi connectivity index (χ1v) is 6.67. The van der Waals surface area contributed by atoms with Crippen LogP contribution in [0.25, 0.3) is 0 Å². The quantitative estimate of drug-likeness (QED) is 0.785. The van der Waals surface area contributed by atoms with Crippen molar-refractivity contribution < 1.29 is 22.7 Å². The molecule has 0 bridgehead atoms. The molecular formula is C14H15BF3NO2. The topological polar surface area (TPSA) is 29.5 Å². The Bertz CT molecular complexity index is 504. The largest absolute Gasteiger partial charge is 0.573 e. The van der Waals surface area contributed by atoms with Crippen LogP contribution in [-0.4, -0.2) is 38.1 Å². The number of carbonyl (C=O) groups excluding carboxylic acids is 1. The first kappa shape index (κ1) is 15.7. The zero-order valence-electron chi connectivity index (χ0n) is 11.6. The molecule has 1 aromatic rings. The van der Waals surface area contributed by atoms with Gasteiger partial charge in [0.05, 0.1) is 7.85 Å². The summed E-state index contributed by atoms with van der Waals surface area (Å²) in [5.74, 6) is -0.286. The highest BCUT2D eigenvalue weighted by atomic mass is 19.4. The number of piperidine rings is 1. The first-order valence-electron chi connectivity index (χ1n) is 6.67. The SMILES string of the molecule is [B]C1CN(C(=O)c2ccc(OC(F)(F)F)cc2)CC[C@@H]1C. The van der Waals surface area contributed by atoms with Gasteiger partial charge in [0, 0.05) is 18.7 Å². The third-order valence-electron chi connectivity index (χ3n) is 3.64. The summed E-state index contributed by atoms with van der Waals surface area (Å²) in [5.41, 5.74) is 0.325. The molecular weight excluding hydrogens is 282 g/mol. The van der Waals surface area contributed by atoms with Gasteiger partial charge in [0.25, 0.3) is 5.91 Å². The molecule has 1 aromatic carbocycles. The molecule has 0 saturated carbocycles. The fourth-order valence-corrected chi connectivity index (χ4v) is 2.27. The van der Waals surface area contributed by atoms with Crippen LogP contribution < -0.4 is 4.74 Å². The first-order chi connectivity index (χ1) is 9.76. The number of alkyl halides is 3. The molecule has 1 aliphatic heterocycles. The number of carbonyl (C=O) groups is 1. The Kier molecular flexibility index (Phi) is 4.49. The number of hydrogen-bond donors (Lipinski definition) is 0. The van der Waals surface area contributed by atoms with Crippen LogP contribution in [-0.2, 0) is 0 Å². The van der Waals surface area contributed by atoms with Gasteiger partial charge in [-0.25, -0.2) is 0 Å². The van der Waals surface area contributed by atoms with E-state index < -0.39 is 6.36 Å². The third kappa shape index (κ3) is 4.15. The van der Waals surface area contributed by atoms with Crippen LogP contribution in [0.1, 0.15) is 23.7 Å². The molecule has 2 rings (SSSR count). The number of amides is 1. The molecule has 0 N–H and O–H groups in total. The van der Waals surface area contributed by atoms with Gasteiger partial charge in [-0.05, 0) is 36.6 Å². The van der Waals surface area contributed by atoms with Gasteiger partial charge >= 0.3 is 6.36 Å². The smallest absolute Gasteiger partial charge is 0.406 e. The summed E-state index contributed by atoms with van der Waals surface area (Å²) in [6.45, 7) is 3.10. The zero-order valence-corrected chi connectivity index (χ0v) is 11.6. The predicted octanol–water partition coefficient (Wildman–Crippen LogP) is 3.02. The second-order valence-electron chi connectivity index (χ2n) is 5.25. The lowest BCUT2D eigenvalue weighted by Gasteiger charge is -2.35. The number of halogens is 3. The van der Waals surface area contributed by atoms with Crippen LogP contribution in [0.3, 0.4) is 0 Å². The maximum absolute atomic E-state index is 12.3. The molecule has 1 amide bonds. The third-order valence-corrected chi connectivity index (χ3v) is 3.64. The molecule has 0 aliphatic carbocycles. The molecule has 21 heavy (non-hydrogen) atoms. The summed E-state index contributed by atoms with van der Waals surface area (Å²) in [4.78, 5) is 13.9. The van der Waals surface area contributed by atoms with Crippen molar-refractivity contribution in [3.63, 3.8) is 0 Å². The van der Waals surface area contributed by atoms with Crippen molar-refractivity contribution in [3.05, 3.63) is 29.8 Å². The van der Waals surface area contributed by atoms with E-state index in [1.807, 2.05) is 6.92 Å². The molecule has 7 heteroatoms. The maximum Gasteiger partial charge on any atom is 0.573 e. The minimum absolute atomic E-state index is 0.0736. The van der Waals surface area contributed by atoms with Gasteiger partial charge < -0.3 is 9.64 Å². The van der Waals surface area contributed by atoms with Gasteiger partial charge in [-0.2, -0.15) is 0 Å². The summed E-state index contributed by atoms with van der Waals surface area (Å²) in [6, 6.07) is 4.92. The Morgan fingerprint density at radius 2 is 1.95 bits per heavy atom. The van der Waals surface area contributed by atoms with Gasteiger partial charge in [0.15, 0.2) is 0 Å². The van der Waals surface area contributed by atoms with E-state index in [1.165, 1.54) is 12.1 Å². The van der Waals surface area contributed by atoms with E-state index in [0.29, 0.717) is 24.6 Å². The van der Waals surface area contributed by atoms with Crippen molar-refractivity contribution in [1.82, 2.24) is 4.90 Å². The monoisotopic (exact) mass is 297 g/mol. The molecule has 1 unspecified atom stereocenters. The lowest BCUT2D eigenvalue weighted by Crippen LogP contribution is -2.41. The van der Waals surface area contributed by atoms with E-state index in [4.69, 9.17) is 7.85 Å². The number of ether oxygens (including phenoxy) is 1. The maximum atomic E-state index is 12.3. The second-order valence-corrected chi connectivity index (χ2v) is 5.25. The van der Waals surface area contributed by atoms with Crippen molar-refractivity contribution in [2.75, 3.05) is 13.1 Å². The van der Waals surface area contributed by atoms with E-state index in [2.05, 4.69) is 4.74 Å². The molecule has 3 nitrogen and oxygen atoms in total. The summed E-state index contributed by atoms with van der Waals surface area (Å²) in [6.07, 6.45) is -3.91. The van der Waals surface area contributed by atoms with Gasteiger partial charge in [-0.15, -0.1) is 13.2 Å². The molecule has 0 aromatic heterocycles. The van der Waals surface area contributed by atoms with E-state index >= 15 is 0 Å². The van der Waals surface area contributed by atoms with E-state index in [-0.39, 0.29) is 17.5 Å². The zero-order chi connectivity index (χ0) is 15.6. The Morgan fingerprint density at radius 3 is 2.48 bits per heavy atom. The number of hydrogen-bond acceptors (Lipinski definition) is 2. The number of benzene rings is 1. The van der Waals surface area contributed by atoms with Crippen LogP contribution in [0.2, 0.25) is 5.82 Å². The number of likely N-dealkylation sites (tertiary alicyclic amines) is 1. The summed E-state index contributed by atoms with van der Waals surface area (Å²) >= 11 is 0. The Hall–Kier alpha value is -1.66. The van der Waals surface area contributed by atoms with Crippen molar-refractivity contribution in [2.24, 2.45) is 5.92 Å². The minimum Gasteiger partial charge on any atom is -0.406 e. The Morgan fingerprint density at radius 1 is 1.33 bits per heavy atom. The number of nitrogens with zero attached hydrogens (tertiary/aromatic N) is 1. The molecule has 2 radical (unpaired) electrons. The Labute approximate surface area is 122 Å². The molecule has 1 aliphatic rings. The van der Waals surface area contributed by atoms with Gasteiger partial charge in [-0.1, -0.05) is 12.7 Å². The van der Waals surface area contributed by atoms with Gasteiger partial charge in [0.1, 0.15) is 5.75 Å². The molecule has 112 valence electrons. The average molecular weight is 297 g/mol. The summed E-state index contributed by atoms with van der Waals surface area (Å²) in [5, 5.41) is 0. The van der Waals surface area contributed by atoms with Gasteiger partial charge in [-0.3, -0.25) is 4.79 Å². The van der Waals surface area contributed by atoms with Crippen molar-refractivity contribution in [1.29, 1.82) is 0 Å². The molecule has 1 saturated heterocycles. The lowest BCUT2D eigenvalue weighted by atomic mass is 9.73. The Balaban J connectivity index is 2.03. The van der Waals surface area contributed by atoms with Crippen molar-refractivity contribution in [3.8, 4) is 5.75 Å². The van der Waals surface area contributed by atoms with Crippen LogP contribution in [0, 0.1) is 5.92 Å². The van der Waals surface area contributed by atoms with E-state index in [0.717, 1.165) is 18.6 Å². The van der Waals surface area contributed by atoms with Gasteiger partial charge in [0.2, 0.25) is 0 Å².